The third-order valence-corrected chi connectivity index (χ3v) is 1.54. The van der Waals surface area contributed by atoms with Gasteiger partial charge in [-0.25, -0.2) is 4.57 Å². The SMILES string of the molecule is C[N+](C)(C)CCOP(=O)(O)O.Cl.[H+]. The second-order valence-electron chi connectivity index (χ2n) is 3.34. The van der Waals surface area contributed by atoms with E-state index in [4.69, 9.17) is 9.79 Å². The second-order valence-corrected chi connectivity index (χ2v) is 4.58. The van der Waals surface area contributed by atoms with Crippen molar-refractivity contribution in [3.63, 3.8) is 0 Å². The Morgan fingerprint density at radius 1 is 1.42 bits per heavy atom. The molecule has 0 radical (unpaired) electrons. The first-order valence-electron chi connectivity index (χ1n) is 3.21. The Kier molecular flexibility index (Phi) is 6.40. The van der Waals surface area contributed by atoms with E-state index >= 15 is 0 Å². The maximum absolute atomic E-state index is 10.2. The van der Waals surface area contributed by atoms with Crippen molar-refractivity contribution in [3.05, 3.63) is 0 Å². The van der Waals surface area contributed by atoms with Crippen molar-refractivity contribution in [2.24, 2.45) is 0 Å². The highest BCUT2D eigenvalue weighted by Gasteiger charge is 2.15. The monoisotopic (exact) mass is 221 g/mol. The number of hydrogen-bond donors (Lipinski definition) is 2. The van der Waals surface area contributed by atoms with Crippen LogP contribution in [-0.4, -0.2) is 48.6 Å². The van der Waals surface area contributed by atoms with Crippen LogP contribution in [0.5, 0.6) is 0 Å². The van der Waals surface area contributed by atoms with Crippen LogP contribution in [0.2, 0.25) is 0 Å². The van der Waals surface area contributed by atoms with Crippen molar-refractivity contribution in [1.29, 1.82) is 0 Å². The van der Waals surface area contributed by atoms with Crippen LogP contribution in [0.3, 0.4) is 0 Å². The number of hydrogen-bond acceptors (Lipinski definition) is 2. The van der Waals surface area contributed by atoms with E-state index in [1.807, 2.05) is 21.1 Å². The third-order valence-electron chi connectivity index (χ3n) is 1.02. The molecule has 5 nitrogen and oxygen atoms in total. The van der Waals surface area contributed by atoms with Crippen LogP contribution >= 0.6 is 20.2 Å². The van der Waals surface area contributed by atoms with Crippen LogP contribution in [0.1, 0.15) is 1.43 Å². The van der Waals surface area contributed by atoms with Gasteiger partial charge in [-0.15, -0.1) is 12.4 Å². The summed E-state index contributed by atoms with van der Waals surface area (Å²) in [6.07, 6.45) is 0. The van der Waals surface area contributed by atoms with Crippen LogP contribution in [0.25, 0.3) is 0 Å². The Morgan fingerprint density at radius 3 is 2.08 bits per heavy atom. The fourth-order valence-corrected chi connectivity index (χ4v) is 0.753. The van der Waals surface area contributed by atoms with Crippen LogP contribution in [0.15, 0.2) is 0 Å². The molecule has 0 spiro atoms. The van der Waals surface area contributed by atoms with Gasteiger partial charge in [-0.1, -0.05) is 0 Å². The summed E-state index contributed by atoms with van der Waals surface area (Å²) < 4.78 is 15.1. The molecule has 7 heteroatoms. The Bertz CT molecular complexity index is 168. The molecule has 12 heavy (non-hydrogen) atoms. The molecule has 0 aromatic heterocycles. The predicted molar refractivity (Wildman–Crippen MR) is 49.3 cm³/mol. The molecular weight excluding hydrogens is 204 g/mol. The highest BCUT2D eigenvalue weighted by Crippen LogP contribution is 2.35. The van der Waals surface area contributed by atoms with E-state index in [0.29, 0.717) is 11.0 Å². The fraction of sp³-hybridized carbons (Fsp3) is 1.00. The summed E-state index contributed by atoms with van der Waals surface area (Å²) in [7, 11) is 1.50. The smallest absolute Gasteiger partial charge is 0.329 e. The molecule has 0 atom stereocenters. The van der Waals surface area contributed by atoms with E-state index in [0.717, 1.165) is 0 Å². The van der Waals surface area contributed by atoms with Gasteiger partial charge in [0.2, 0.25) is 0 Å². The van der Waals surface area contributed by atoms with E-state index in [1.165, 1.54) is 0 Å². The lowest BCUT2D eigenvalue weighted by Crippen LogP contribution is -2.37. The predicted octanol–water partition coefficient (Wildman–Crippen LogP) is 0.336. The summed E-state index contributed by atoms with van der Waals surface area (Å²) in [4.78, 5) is 16.6. The normalized spacial score (nSPS) is 12.4. The van der Waals surface area contributed by atoms with Gasteiger partial charge in [0.15, 0.2) is 0 Å². The van der Waals surface area contributed by atoms with E-state index < -0.39 is 7.82 Å². The van der Waals surface area contributed by atoms with Crippen molar-refractivity contribution in [3.8, 4) is 0 Å². The maximum Gasteiger partial charge on any atom is 1.00 e. The second kappa shape index (κ2) is 5.17. The molecule has 0 saturated carbocycles. The minimum atomic E-state index is -4.26. The van der Waals surface area contributed by atoms with Gasteiger partial charge < -0.3 is 14.3 Å². The van der Waals surface area contributed by atoms with Crippen LogP contribution in [0.4, 0.5) is 0 Å². The number of rotatable bonds is 4. The van der Waals surface area contributed by atoms with Gasteiger partial charge in [0.05, 0.1) is 21.1 Å². The lowest BCUT2D eigenvalue weighted by Gasteiger charge is -2.23. The van der Waals surface area contributed by atoms with Crippen molar-refractivity contribution in [2.45, 2.75) is 0 Å². The molecule has 0 aromatic carbocycles. The molecule has 76 valence electrons. The van der Waals surface area contributed by atoms with E-state index in [2.05, 4.69) is 4.52 Å². The molecule has 0 rings (SSSR count). The molecule has 0 aliphatic heterocycles. The molecule has 0 fully saturated rings. The van der Waals surface area contributed by atoms with Gasteiger partial charge in [0, 0.05) is 0 Å². The first-order valence-corrected chi connectivity index (χ1v) is 4.74. The molecular formula is C5H17ClNO4P+2. The number of phosphoric ester groups is 1. The van der Waals surface area contributed by atoms with E-state index in [1.54, 1.807) is 0 Å². The van der Waals surface area contributed by atoms with Crippen molar-refractivity contribution in [1.82, 2.24) is 0 Å². The summed E-state index contributed by atoms with van der Waals surface area (Å²) in [5.41, 5.74) is 0. The fourth-order valence-electron chi connectivity index (χ4n) is 0.434. The van der Waals surface area contributed by atoms with Gasteiger partial charge in [0.25, 0.3) is 0 Å². The molecule has 0 aromatic rings. The average molecular weight is 222 g/mol. The standard InChI is InChI=1S/C5H14NO4P.ClH/c1-6(2,3)4-5-10-11(7,8)9;/h4-5H2,1-3H3,(H-,7,8,9);1H/p+2. The van der Waals surface area contributed by atoms with Gasteiger partial charge in [-0.05, 0) is 0 Å². The van der Waals surface area contributed by atoms with E-state index in [-0.39, 0.29) is 20.4 Å². The van der Waals surface area contributed by atoms with Crippen molar-refractivity contribution >= 4 is 20.2 Å². The number of likely N-dealkylation sites (N-methyl/N-ethyl adjacent to an activating group) is 1. The van der Waals surface area contributed by atoms with Gasteiger partial charge in [-0.3, -0.25) is 4.52 Å². The lowest BCUT2D eigenvalue weighted by molar-refractivity contribution is -0.870. The average Bonchev–Trinajstić information content (AvgIpc) is 1.55. The highest BCUT2D eigenvalue weighted by atomic mass is 35.5. The van der Waals surface area contributed by atoms with E-state index in [9.17, 15) is 4.57 Å². The zero-order valence-electron chi connectivity index (χ0n) is 8.43. The number of halogens is 1. The third kappa shape index (κ3) is 13.0. The largest absolute Gasteiger partial charge is 1.00 e. The summed E-state index contributed by atoms with van der Waals surface area (Å²) in [6, 6.07) is 0. The quantitative estimate of drug-likeness (QED) is 0.531. The summed E-state index contributed by atoms with van der Waals surface area (Å²) in [5.74, 6) is 0. The molecule has 0 unspecified atom stereocenters. The minimum absolute atomic E-state index is 0. The Labute approximate surface area is 80.1 Å². The number of quaternary nitrogens is 1. The zero-order chi connectivity index (χ0) is 9.12. The molecule has 0 bridgehead atoms. The van der Waals surface area contributed by atoms with Crippen molar-refractivity contribution in [2.75, 3.05) is 34.3 Å². The van der Waals surface area contributed by atoms with Crippen molar-refractivity contribution < 1.29 is 24.8 Å². The lowest BCUT2D eigenvalue weighted by atomic mass is 10.5. The van der Waals surface area contributed by atoms with Crippen LogP contribution < -0.4 is 0 Å². The molecule has 2 N–H and O–H groups in total. The Balaban J connectivity index is -0.000000500. The zero-order valence-corrected chi connectivity index (χ0v) is 9.14. The molecule has 0 heterocycles. The molecule has 0 amide bonds. The minimum Gasteiger partial charge on any atom is -0.329 e. The van der Waals surface area contributed by atoms with Gasteiger partial charge in [-0.2, -0.15) is 0 Å². The molecule has 0 saturated heterocycles. The number of nitrogens with zero attached hydrogens (tertiary/aromatic N) is 1. The topological polar surface area (TPSA) is 66.8 Å². The first-order chi connectivity index (χ1) is 4.71. The molecule has 0 aliphatic carbocycles. The Morgan fingerprint density at radius 2 is 1.83 bits per heavy atom. The number of phosphoric acid groups is 1. The maximum atomic E-state index is 10.2. The van der Waals surface area contributed by atoms with Crippen LogP contribution in [-0.2, 0) is 9.09 Å². The van der Waals surface area contributed by atoms with Gasteiger partial charge >= 0.3 is 9.25 Å². The first kappa shape index (κ1) is 14.9. The summed E-state index contributed by atoms with van der Waals surface area (Å²) >= 11 is 0. The highest BCUT2D eigenvalue weighted by molar-refractivity contribution is 7.46. The van der Waals surface area contributed by atoms with Crippen LogP contribution in [0, 0.1) is 0 Å². The molecule has 0 aliphatic rings. The summed E-state index contributed by atoms with van der Waals surface area (Å²) in [6.45, 7) is 0.652. The Hall–Kier alpha value is 0.360. The summed E-state index contributed by atoms with van der Waals surface area (Å²) in [5, 5.41) is 0. The van der Waals surface area contributed by atoms with Gasteiger partial charge in [0.1, 0.15) is 13.2 Å².